The molecule has 1 aliphatic rings. The largest absolute Gasteiger partial charge is 0.480 e. The molecule has 1 saturated heterocycles. The van der Waals surface area contributed by atoms with E-state index in [2.05, 4.69) is 17.0 Å². The van der Waals surface area contributed by atoms with Gasteiger partial charge in [0.05, 0.1) is 0 Å². The van der Waals surface area contributed by atoms with E-state index in [0.717, 1.165) is 19.3 Å². The normalized spacial score (nSPS) is 19.6. The van der Waals surface area contributed by atoms with E-state index in [1.54, 1.807) is 4.90 Å². The Labute approximate surface area is 111 Å². The Kier molecular flexibility index (Phi) is 6.27. The lowest BCUT2D eigenvalue weighted by Gasteiger charge is -2.20. The van der Waals surface area contributed by atoms with Crippen molar-refractivity contribution in [2.45, 2.75) is 26.2 Å². The van der Waals surface area contributed by atoms with Crippen LogP contribution in [-0.4, -0.2) is 54.2 Å². The van der Waals surface area contributed by atoms with Crippen molar-refractivity contribution in [1.29, 1.82) is 0 Å². The fourth-order valence-electron chi connectivity index (χ4n) is 1.93. The van der Waals surface area contributed by atoms with Crippen LogP contribution in [0.25, 0.3) is 0 Å². The zero-order chi connectivity index (χ0) is 14.3. The van der Waals surface area contributed by atoms with E-state index in [4.69, 9.17) is 5.11 Å². The average molecular weight is 272 g/mol. The maximum atomic E-state index is 11.8. The van der Waals surface area contributed by atoms with Gasteiger partial charge in [0.25, 0.3) is 5.91 Å². The van der Waals surface area contributed by atoms with Crippen LogP contribution < -0.4 is 5.32 Å². The lowest BCUT2D eigenvalue weighted by molar-refractivity contribution is -0.143. The molecule has 1 heterocycles. The SMILES string of the molecule is CC1CCCN(C(=O)NC(=O)COCC(=O)O)CC1. The highest BCUT2D eigenvalue weighted by Gasteiger charge is 2.20. The molecule has 0 aromatic rings. The van der Waals surface area contributed by atoms with Crippen molar-refractivity contribution >= 4 is 17.9 Å². The minimum Gasteiger partial charge on any atom is -0.480 e. The van der Waals surface area contributed by atoms with Crippen LogP contribution in [0.1, 0.15) is 26.2 Å². The number of amides is 3. The molecule has 0 spiro atoms. The Bertz CT molecular complexity index is 345. The summed E-state index contributed by atoms with van der Waals surface area (Å²) in [5.41, 5.74) is 0. The Morgan fingerprint density at radius 3 is 2.68 bits per heavy atom. The molecule has 1 unspecified atom stereocenters. The summed E-state index contributed by atoms with van der Waals surface area (Å²) in [5.74, 6) is -1.18. The predicted molar refractivity (Wildman–Crippen MR) is 66.6 cm³/mol. The molecule has 1 aliphatic heterocycles. The number of hydrogen-bond acceptors (Lipinski definition) is 4. The van der Waals surface area contributed by atoms with E-state index in [-0.39, 0.29) is 0 Å². The summed E-state index contributed by atoms with van der Waals surface area (Å²) in [4.78, 5) is 34.9. The topological polar surface area (TPSA) is 95.9 Å². The Hall–Kier alpha value is -1.63. The second-order valence-corrected chi connectivity index (χ2v) is 4.76. The van der Waals surface area contributed by atoms with Gasteiger partial charge in [0.15, 0.2) is 0 Å². The molecule has 0 aliphatic carbocycles. The van der Waals surface area contributed by atoms with Crippen LogP contribution in [0, 0.1) is 5.92 Å². The number of carbonyl (C=O) groups is 3. The number of nitrogens with zero attached hydrogens (tertiary/aromatic N) is 1. The van der Waals surface area contributed by atoms with E-state index in [1.165, 1.54) is 0 Å². The van der Waals surface area contributed by atoms with E-state index >= 15 is 0 Å². The second-order valence-electron chi connectivity index (χ2n) is 4.76. The van der Waals surface area contributed by atoms with E-state index in [0.29, 0.717) is 19.0 Å². The molecule has 0 radical (unpaired) electrons. The molecule has 19 heavy (non-hydrogen) atoms. The minimum absolute atomic E-state index is 0.428. The lowest BCUT2D eigenvalue weighted by Crippen LogP contribution is -2.44. The number of rotatable bonds is 4. The summed E-state index contributed by atoms with van der Waals surface area (Å²) in [7, 11) is 0. The van der Waals surface area contributed by atoms with Gasteiger partial charge in [-0.05, 0) is 25.2 Å². The molecule has 0 saturated carbocycles. The maximum Gasteiger partial charge on any atom is 0.329 e. The fourth-order valence-corrected chi connectivity index (χ4v) is 1.93. The number of imide groups is 1. The predicted octanol–water partition coefficient (Wildman–Crippen LogP) is 0.446. The monoisotopic (exact) mass is 272 g/mol. The van der Waals surface area contributed by atoms with Gasteiger partial charge in [0.1, 0.15) is 13.2 Å². The second kappa shape index (κ2) is 7.73. The van der Waals surface area contributed by atoms with Gasteiger partial charge in [-0.25, -0.2) is 9.59 Å². The quantitative estimate of drug-likeness (QED) is 0.774. The lowest BCUT2D eigenvalue weighted by atomic mass is 10.0. The highest BCUT2D eigenvalue weighted by atomic mass is 16.5. The third-order valence-electron chi connectivity index (χ3n) is 3.01. The maximum absolute atomic E-state index is 11.8. The minimum atomic E-state index is -1.15. The average Bonchev–Trinajstić information content (AvgIpc) is 2.53. The molecule has 2 N–H and O–H groups in total. The molecule has 1 rings (SSSR count). The van der Waals surface area contributed by atoms with Crippen LogP contribution in [0.15, 0.2) is 0 Å². The van der Waals surface area contributed by atoms with Crippen molar-refractivity contribution in [2.24, 2.45) is 5.92 Å². The van der Waals surface area contributed by atoms with Gasteiger partial charge >= 0.3 is 12.0 Å². The molecular weight excluding hydrogens is 252 g/mol. The van der Waals surface area contributed by atoms with Gasteiger partial charge in [0.2, 0.25) is 0 Å². The summed E-state index contributed by atoms with van der Waals surface area (Å²) in [6.45, 7) is 2.44. The highest BCUT2D eigenvalue weighted by Crippen LogP contribution is 2.16. The van der Waals surface area contributed by atoms with Gasteiger partial charge in [0, 0.05) is 13.1 Å². The van der Waals surface area contributed by atoms with Crippen LogP contribution in [0.2, 0.25) is 0 Å². The number of nitrogens with one attached hydrogen (secondary N) is 1. The molecule has 108 valence electrons. The van der Waals surface area contributed by atoms with E-state index in [9.17, 15) is 14.4 Å². The molecular formula is C12H20N2O5. The number of aliphatic carboxylic acids is 1. The van der Waals surface area contributed by atoms with Crippen molar-refractivity contribution in [3.63, 3.8) is 0 Å². The third-order valence-corrected chi connectivity index (χ3v) is 3.01. The van der Waals surface area contributed by atoms with Crippen molar-refractivity contribution in [1.82, 2.24) is 10.2 Å². The van der Waals surface area contributed by atoms with Gasteiger partial charge in [-0.2, -0.15) is 0 Å². The first-order valence-electron chi connectivity index (χ1n) is 6.37. The van der Waals surface area contributed by atoms with Gasteiger partial charge in [-0.1, -0.05) is 6.92 Å². The first kappa shape index (κ1) is 15.4. The van der Waals surface area contributed by atoms with Crippen LogP contribution >= 0.6 is 0 Å². The summed E-state index contributed by atoms with van der Waals surface area (Å²) < 4.78 is 4.60. The number of likely N-dealkylation sites (tertiary alicyclic amines) is 1. The zero-order valence-electron chi connectivity index (χ0n) is 11.1. The fraction of sp³-hybridized carbons (Fsp3) is 0.750. The number of carboxylic acid groups (broad SMARTS) is 1. The van der Waals surface area contributed by atoms with Crippen molar-refractivity contribution in [2.75, 3.05) is 26.3 Å². The summed E-state index contributed by atoms with van der Waals surface area (Å²) in [5, 5.41) is 10.5. The summed E-state index contributed by atoms with van der Waals surface area (Å²) in [6, 6.07) is -0.432. The highest BCUT2D eigenvalue weighted by molar-refractivity contribution is 5.95. The first-order chi connectivity index (χ1) is 8.99. The van der Waals surface area contributed by atoms with Crippen molar-refractivity contribution in [3.05, 3.63) is 0 Å². The molecule has 1 fully saturated rings. The van der Waals surface area contributed by atoms with Crippen LogP contribution in [0.4, 0.5) is 4.79 Å². The van der Waals surface area contributed by atoms with Crippen molar-refractivity contribution < 1.29 is 24.2 Å². The van der Waals surface area contributed by atoms with Gasteiger partial charge in [-0.15, -0.1) is 0 Å². The number of carboxylic acids is 1. The number of urea groups is 1. The Morgan fingerprint density at radius 1 is 1.26 bits per heavy atom. The Balaban J connectivity index is 2.29. The van der Waals surface area contributed by atoms with Crippen LogP contribution in [-0.2, 0) is 14.3 Å². The molecule has 3 amide bonds. The van der Waals surface area contributed by atoms with Crippen LogP contribution in [0.5, 0.6) is 0 Å². The van der Waals surface area contributed by atoms with E-state index < -0.39 is 31.1 Å². The summed E-state index contributed by atoms with van der Waals surface area (Å²) >= 11 is 0. The van der Waals surface area contributed by atoms with Gasteiger partial charge in [-0.3, -0.25) is 10.1 Å². The standard InChI is InChI=1S/C12H20N2O5/c1-9-3-2-5-14(6-4-9)12(18)13-10(15)7-19-8-11(16)17/h9H,2-8H2,1H3,(H,16,17)(H,13,15,18). The smallest absolute Gasteiger partial charge is 0.329 e. The van der Waals surface area contributed by atoms with Crippen molar-refractivity contribution in [3.8, 4) is 0 Å². The number of hydrogen-bond donors (Lipinski definition) is 2. The third kappa shape index (κ3) is 6.19. The molecule has 0 aromatic heterocycles. The van der Waals surface area contributed by atoms with Crippen LogP contribution in [0.3, 0.4) is 0 Å². The summed E-state index contributed by atoms with van der Waals surface area (Å²) in [6.07, 6.45) is 2.94. The zero-order valence-corrected chi connectivity index (χ0v) is 11.1. The first-order valence-corrected chi connectivity index (χ1v) is 6.37. The van der Waals surface area contributed by atoms with Gasteiger partial charge < -0.3 is 14.7 Å². The molecule has 7 nitrogen and oxygen atoms in total. The number of carbonyl (C=O) groups excluding carboxylic acids is 2. The molecule has 0 aromatic carbocycles. The molecule has 0 bridgehead atoms. The molecule has 7 heteroatoms. The molecule has 1 atom stereocenters. The number of ether oxygens (including phenoxy) is 1. The van der Waals surface area contributed by atoms with E-state index in [1.807, 2.05) is 0 Å². The Morgan fingerprint density at radius 2 is 2.00 bits per heavy atom.